The number of carbonyl (C=O) groups excluding carboxylic acids is 1. The number of benzene rings is 3. The molecule has 4 rings (SSSR count). The van der Waals surface area contributed by atoms with E-state index >= 15 is 0 Å². The smallest absolute Gasteiger partial charge is 0.344 e. The fourth-order valence-corrected chi connectivity index (χ4v) is 3.84. The summed E-state index contributed by atoms with van der Waals surface area (Å²) in [7, 11) is 0. The molecular formula is C25H21NO3S. The molecule has 150 valence electrons. The third-order valence-corrected chi connectivity index (χ3v) is 5.45. The topological polar surface area (TPSA) is 48.4 Å². The number of esters is 1. The van der Waals surface area contributed by atoms with E-state index in [9.17, 15) is 4.79 Å². The molecule has 0 fully saturated rings. The van der Waals surface area contributed by atoms with E-state index in [4.69, 9.17) is 9.47 Å². The molecule has 0 radical (unpaired) electrons. The monoisotopic (exact) mass is 415 g/mol. The van der Waals surface area contributed by atoms with Gasteiger partial charge in [0, 0.05) is 17.4 Å². The van der Waals surface area contributed by atoms with Gasteiger partial charge in [0.2, 0.25) is 0 Å². The van der Waals surface area contributed by atoms with Crippen LogP contribution >= 0.6 is 11.3 Å². The molecule has 0 N–H and O–H groups in total. The molecule has 0 saturated heterocycles. The summed E-state index contributed by atoms with van der Waals surface area (Å²) in [5, 5.41) is 2.82. The van der Waals surface area contributed by atoms with E-state index in [1.165, 1.54) is 16.9 Å². The fraction of sp³-hybridized carbons (Fsp3) is 0.120. The van der Waals surface area contributed by atoms with Crippen LogP contribution in [0.1, 0.15) is 16.8 Å². The number of ether oxygens (including phenoxy) is 2. The van der Waals surface area contributed by atoms with E-state index in [0.29, 0.717) is 5.75 Å². The summed E-state index contributed by atoms with van der Waals surface area (Å²) in [5.74, 6) is 0.275. The third kappa shape index (κ3) is 5.33. The number of carbonyl (C=O) groups is 1. The summed E-state index contributed by atoms with van der Waals surface area (Å²) < 4.78 is 11.1. The van der Waals surface area contributed by atoms with Crippen molar-refractivity contribution in [1.29, 1.82) is 0 Å². The number of rotatable bonds is 8. The van der Waals surface area contributed by atoms with E-state index < -0.39 is 5.97 Å². The zero-order chi connectivity index (χ0) is 20.6. The number of aromatic nitrogens is 1. The van der Waals surface area contributed by atoms with Gasteiger partial charge < -0.3 is 9.47 Å². The second-order valence-corrected chi connectivity index (χ2v) is 7.59. The molecule has 0 atom stereocenters. The van der Waals surface area contributed by atoms with Gasteiger partial charge in [-0.25, -0.2) is 9.78 Å². The van der Waals surface area contributed by atoms with Crippen molar-refractivity contribution in [3.05, 3.63) is 107 Å². The van der Waals surface area contributed by atoms with Crippen molar-refractivity contribution >= 4 is 17.3 Å². The first-order valence-electron chi connectivity index (χ1n) is 9.68. The van der Waals surface area contributed by atoms with Gasteiger partial charge in [-0.3, -0.25) is 0 Å². The average molecular weight is 416 g/mol. The number of thiazole rings is 1. The van der Waals surface area contributed by atoms with Crippen LogP contribution in [-0.2, 0) is 22.6 Å². The zero-order valence-corrected chi connectivity index (χ0v) is 17.2. The zero-order valence-electron chi connectivity index (χ0n) is 16.4. The van der Waals surface area contributed by atoms with Gasteiger partial charge in [-0.1, -0.05) is 78.9 Å². The van der Waals surface area contributed by atoms with Gasteiger partial charge in [0.1, 0.15) is 17.4 Å². The molecule has 1 heterocycles. The first-order chi connectivity index (χ1) is 14.8. The Morgan fingerprint density at radius 1 is 0.867 bits per heavy atom. The van der Waals surface area contributed by atoms with E-state index in [1.807, 2.05) is 78.2 Å². The second kappa shape index (κ2) is 9.85. The van der Waals surface area contributed by atoms with Crippen molar-refractivity contribution in [2.24, 2.45) is 0 Å². The summed E-state index contributed by atoms with van der Waals surface area (Å²) in [4.78, 5) is 16.7. The van der Waals surface area contributed by atoms with Crippen molar-refractivity contribution < 1.29 is 14.3 Å². The SMILES string of the molecule is O=C(COc1ccccc1Cc1ccccc1)OCc1csc(-c2ccccc2)n1. The predicted octanol–water partition coefficient (Wildman–Crippen LogP) is 5.52. The number of hydrogen-bond acceptors (Lipinski definition) is 5. The van der Waals surface area contributed by atoms with Gasteiger partial charge in [0.15, 0.2) is 6.61 Å². The number of para-hydroxylation sites is 1. The Bertz CT molecular complexity index is 1090. The maximum atomic E-state index is 12.2. The molecular weight excluding hydrogens is 394 g/mol. The predicted molar refractivity (Wildman–Crippen MR) is 119 cm³/mol. The van der Waals surface area contributed by atoms with Crippen LogP contribution < -0.4 is 4.74 Å². The maximum Gasteiger partial charge on any atom is 0.344 e. The summed E-state index contributed by atoms with van der Waals surface area (Å²) in [6.45, 7) is -0.00132. The lowest BCUT2D eigenvalue weighted by atomic mass is 10.0. The molecule has 0 aliphatic rings. The summed E-state index contributed by atoms with van der Waals surface area (Å²) >= 11 is 1.53. The van der Waals surface area contributed by atoms with Gasteiger partial charge in [0.05, 0.1) is 5.69 Å². The van der Waals surface area contributed by atoms with Crippen LogP contribution in [-0.4, -0.2) is 17.6 Å². The Labute approximate surface area is 179 Å². The Morgan fingerprint density at radius 2 is 1.57 bits per heavy atom. The average Bonchev–Trinajstić information content (AvgIpc) is 3.28. The lowest BCUT2D eigenvalue weighted by Gasteiger charge is -2.11. The quantitative estimate of drug-likeness (QED) is 0.355. The first kappa shape index (κ1) is 19.9. The highest BCUT2D eigenvalue weighted by atomic mass is 32.1. The fourth-order valence-electron chi connectivity index (χ4n) is 3.03. The molecule has 0 amide bonds. The minimum absolute atomic E-state index is 0.136. The van der Waals surface area contributed by atoms with Crippen molar-refractivity contribution in [2.75, 3.05) is 6.61 Å². The maximum absolute atomic E-state index is 12.2. The van der Waals surface area contributed by atoms with E-state index in [0.717, 1.165) is 28.2 Å². The molecule has 3 aromatic carbocycles. The van der Waals surface area contributed by atoms with Gasteiger partial charge >= 0.3 is 5.97 Å². The Balaban J connectivity index is 1.30. The standard InChI is InChI=1S/C25H21NO3S/c27-24(29-16-22-18-30-25(26-22)20-11-5-2-6-12-20)17-28-23-14-8-7-13-21(23)15-19-9-3-1-4-10-19/h1-14,18H,15-17H2. The summed E-state index contributed by atoms with van der Waals surface area (Å²) in [5.41, 5.74) is 4.01. The van der Waals surface area contributed by atoms with Gasteiger partial charge in [-0.15, -0.1) is 11.3 Å². The Hall–Kier alpha value is -3.44. The normalized spacial score (nSPS) is 10.5. The summed E-state index contributed by atoms with van der Waals surface area (Å²) in [6.07, 6.45) is 0.743. The highest BCUT2D eigenvalue weighted by Crippen LogP contribution is 2.24. The van der Waals surface area contributed by atoms with Gasteiger partial charge in [-0.2, -0.15) is 0 Å². The largest absolute Gasteiger partial charge is 0.482 e. The molecule has 30 heavy (non-hydrogen) atoms. The lowest BCUT2D eigenvalue weighted by molar-refractivity contribution is -0.147. The number of hydrogen-bond donors (Lipinski definition) is 0. The van der Waals surface area contributed by atoms with Crippen molar-refractivity contribution in [1.82, 2.24) is 4.98 Å². The van der Waals surface area contributed by atoms with Gasteiger partial charge in [0.25, 0.3) is 0 Å². The Morgan fingerprint density at radius 3 is 2.37 bits per heavy atom. The molecule has 0 aliphatic carbocycles. The lowest BCUT2D eigenvalue weighted by Crippen LogP contribution is -2.15. The molecule has 4 nitrogen and oxygen atoms in total. The minimum atomic E-state index is -0.418. The molecule has 0 saturated carbocycles. The van der Waals surface area contributed by atoms with Crippen LogP contribution in [0.15, 0.2) is 90.3 Å². The highest BCUT2D eigenvalue weighted by molar-refractivity contribution is 7.13. The van der Waals surface area contributed by atoms with Crippen LogP contribution in [0, 0.1) is 0 Å². The first-order valence-corrected chi connectivity index (χ1v) is 10.6. The molecule has 5 heteroatoms. The van der Waals surface area contributed by atoms with E-state index in [1.54, 1.807) is 0 Å². The van der Waals surface area contributed by atoms with Crippen LogP contribution in [0.25, 0.3) is 10.6 Å². The molecule has 4 aromatic rings. The van der Waals surface area contributed by atoms with Crippen LogP contribution in [0.2, 0.25) is 0 Å². The Kier molecular flexibility index (Phi) is 6.52. The molecule has 0 spiro atoms. The molecule has 1 aromatic heterocycles. The van der Waals surface area contributed by atoms with E-state index in [-0.39, 0.29) is 13.2 Å². The molecule has 0 bridgehead atoms. The second-order valence-electron chi connectivity index (χ2n) is 6.73. The minimum Gasteiger partial charge on any atom is -0.482 e. The molecule has 0 aliphatic heterocycles. The van der Waals surface area contributed by atoms with Crippen LogP contribution in [0.4, 0.5) is 0 Å². The van der Waals surface area contributed by atoms with Crippen molar-refractivity contribution in [2.45, 2.75) is 13.0 Å². The van der Waals surface area contributed by atoms with Crippen molar-refractivity contribution in [3.63, 3.8) is 0 Å². The van der Waals surface area contributed by atoms with Gasteiger partial charge in [-0.05, 0) is 17.2 Å². The summed E-state index contributed by atoms with van der Waals surface area (Å²) in [6, 6.07) is 27.8. The highest BCUT2D eigenvalue weighted by Gasteiger charge is 2.10. The molecule has 0 unspecified atom stereocenters. The van der Waals surface area contributed by atoms with Crippen molar-refractivity contribution in [3.8, 4) is 16.3 Å². The van der Waals surface area contributed by atoms with Crippen LogP contribution in [0.3, 0.4) is 0 Å². The third-order valence-electron chi connectivity index (χ3n) is 4.51. The van der Waals surface area contributed by atoms with E-state index in [2.05, 4.69) is 17.1 Å². The van der Waals surface area contributed by atoms with Crippen LogP contribution in [0.5, 0.6) is 5.75 Å². The number of nitrogens with zero attached hydrogens (tertiary/aromatic N) is 1.